The predicted molar refractivity (Wildman–Crippen MR) is 88.6 cm³/mol. The summed E-state index contributed by atoms with van der Waals surface area (Å²) in [4.78, 5) is 30.2. The third-order valence-corrected chi connectivity index (χ3v) is 4.50. The summed E-state index contributed by atoms with van der Waals surface area (Å²) in [6.45, 7) is 4.25. The second-order valence-corrected chi connectivity index (χ2v) is 6.24. The number of nitrogens with zero attached hydrogens (tertiary/aromatic N) is 2. The molecule has 132 valence electrons. The molecule has 1 saturated heterocycles. The molecular weight excluding hydrogens is 324 g/mol. The average molecular weight is 344 g/mol. The molecule has 0 aromatic carbocycles. The van der Waals surface area contributed by atoms with Crippen LogP contribution in [0, 0.1) is 13.8 Å². The number of carbonyl (C=O) groups excluding carboxylic acids is 1. The summed E-state index contributed by atoms with van der Waals surface area (Å²) >= 11 is 0. The number of hydrogen-bond acceptors (Lipinski definition) is 5. The molecule has 25 heavy (non-hydrogen) atoms. The summed E-state index contributed by atoms with van der Waals surface area (Å²) in [6.07, 6.45) is 3.24. The van der Waals surface area contributed by atoms with E-state index in [1.807, 2.05) is 6.92 Å². The highest BCUT2D eigenvalue weighted by atomic mass is 16.5. The summed E-state index contributed by atoms with van der Waals surface area (Å²) in [5.41, 5.74) is 0.601. The van der Waals surface area contributed by atoms with E-state index >= 15 is 0 Å². The fourth-order valence-corrected chi connectivity index (χ4v) is 2.99. The summed E-state index contributed by atoms with van der Waals surface area (Å²) < 4.78 is 10.8. The number of aryl methyl sites for hydroxylation is 2. The number of rotatable bonds is 4. The van der Waals surface area contributed by atoms with Crippen LogP contribution < -0.4 is 4.74 Å². The Morgan fingerprint density at radius 1 is 1.24 bits per heavy atom. The van der Waals surface area contributed by atoms with Gasteiger partial charge < -0.3 is 19.2 Å². The zero-order chi connectivity index (χ0) is 18.0. The van der Waals surface area contributed by atoms with Crippen LogP contribution in [0.25, 0.3) is 0 Å². The number of furan rings is 1. The van der Waals surface area contributed by atoms with Crippen LogP contribution in [0.3, 0.4) is 0 Å². The smallest absolute Gasteiger partial charge is 0.348 e. The zero-order valence-corrected chi connectivity index (χ0v) is 14.2. The van der Waals surface area contributed by atoms with Crippen LogP contribution in [0.15, 0.2) is 35.1 Å². The first-order valence-corrected chi connectivity index (χ1v) is 8.09. The van der Waals surface area contributed by atoms with Gasteiger partial charge in [0.05, 0.1) is 17.5 Å². The van der Waals surface area contributed by atoms with Crippen molar-refractivity contribution in [2.24, 2.45) is 0 Å². The van der Waals surface area contributed by atoms with Crippen LogP contribution in [0.4, 0.5) is 0 Å². The first kappa shape index (κ1) is 17.0. The first-order valence-electron chi connectivity index (χ1n) is 8.09. The third-order valence-electron chi connectivity index (χ3n) is 4.50. The number of pyridine rings is 1. The molecule has 2 aromatic heterocycles. The lowest BCUT2D eigenvalue weighted by Gasteiger charge is -2.38. The van der Waals surface area contributed by atoms with Crippen LogP contribution in [-0.2, 0) is 4.79 Å². The van der Waals surface area contributed by atoms with Crippen molar-refractivity contribution in [3.8, 4) is 5.75 Å². The van der Waals surface area contributed by atoms with Crippen molar-refractivity contribution < 1.29 is 23.8 Å². The number of likely N-dealkylation sites (tertiary alicyclic amines) is 1. The van der Waals surface area contributed by atoms with Gasteiger partial charge in [0.15, 0.2) is 0 Å². The van der Waals surface area contributed by atoms with E-state index in [4.69, 9.17) is 9.15 Å². The minimum Gasteiger partial charge on any atom is -0.478 e. The van der Waals surface area contributed by atoms with Gasteiger partial charge in [-0.05, 0) is 32.0 Å². The fraction of sp³-hybridized carbons (Fsp3) is 0.389. The van der Waals surface area contributed by atoms with Crippen LogP contribution in [0.5, 0.6) is 5.75 Å². The lowest BCUT2D eigenvalue weighted by molar-refractivity contribution is -0.159. The fourth-order valence-electron chi connectivity index (χ4n) is 2.99. The summed E-state index contributed by atoms with van der Waals surface area (Å²) in [7, 11) is 0. The van der Waals surface area contributed by atoms with Crippen LogP contribution in [-0.4, -0.2) is 45.6 Å². The van der Waals surface area contributed by atoms with Crippen LogP contribution in [0.1, 0.15) is 34.6 Å². The second kappa shape index (κ2) is 6.58. The van der Waals surface area contributed by atoms with E-state index in [1.165, 1.54) is 12.5 Å². The van der Waals surface area contributed by atoms with Crippen molar-refractivity contribution >= 4 is 11.9 Å². The lowest BCUT2D eigenvalue weighted by atomic mass is 9.90. The molecule has 0 atom stereocenters. The van der Waals surface area contributed by atoms with Crippen molar-refractivity contribution in [2.45, 2.75) is 32.3 Å². The number of aliphatic carboxylic acids is 1. The van der Waals surface area contributed by atoms with Crippen molar-refractivity contribution in [3.63, 3.8) is 0 Å². The minimum absolute atomic E-state index is 0.166. The zero-order valence-electron chi connectivity index (χ0n) is 14.2. The Bertz CT molecular complexity index is 777. The molecule has 0 aliphatic carbocycles. The van der Waals surface area contributed by atoms with Gasteiger partial charge in [0.1, 0.15) is 12.0 Å². The van der Waals surface area contributed by atoms with Gasteiger partial charge >= 0.3 is 5.97 Å². The quantitative estimate of drug-likeness (QED) is 0.916. The maximum atomic E-state index is 12.4. The van der Waals surface area contributed by atoms with Crippen molar-refractivity contribution in [2.75, 3.05) is 13.1 Å². The molecule has 1 aliphatic heterocycles. The number of amides is 1. The van der Waals surface area contributed by atoms with E-state index in [-0.39, 0.29) is 18.7 Å². The minimum atomic E-state index is -1.35. The molecule has 0 unspecified atom stereocenters. The number of carboxylic acid groups (broad SMARTS) is 1. The van der Waals surface area contributed by atoms with E-state index in [0.29, 0.717) is 30.1 Å². The van der Waals surface area contributed by atoms with Gasteiger partial charge in [0.25, 0.3) is 5.91 Å². The molecule has 0 saturated carbocycles. The summed E-state index contributed by atoms with van der Waals surface area (Å²) in [5.74, 6) is -0.730. The first-order chi connectivity index (χ1) is 11.9. The number of aromatic nitrogens is 1. The molecular formula is C18H20N2O5. The van der Waals surface area contributed by atoms with Gasteiger partial charge in [0.2, 0.25) is 5.60 Å². The van der Waals surface area contributed by atoms with Gasteiger partial charge in [-0.25, -0.2) is 4.79 Å². The molecule has 0 radical (unpaired) electrons. The van der Waals surface area contributed by atoms with E-state index in [1.54, 1.807) is 30.0 Å². The molecule has 1 amide bonds. The van der Waals surface area contributed by atoms with Gasteiger partial charge in [-0.15, -0.1) is 0 Å². The van der Waals surface area contributed by atoms with E-state index < -0.39 is 11.6 Å². The number of carbonyl (C=O) groups is 2. The monoisotopic (exact) mass is 344 g/mol. The van der Waals surface area contributed by atoms with E-state index in [0.717, 1.165) is 5.69 Å². The molecule has 3 rings (SSSR count). The highest BCUT2D eigenvalue weighted by Gasteiger charge is 2.45. The highest BCUT2D eigenvalue weighted by molar-refractivity contribution is 5.94. The van der Waals surface area contributed by atoms with Gasteiger partial charge in [-0.1, -0.05) is 0 Å². The van der Waals surface area contributed by atoms with Crippen molar-refractivity contribution in [1.29, 1.82) is 0 Å². The third kappa shape index (κ3) is 3.35. The lowest BCUT2D eigenvalue weighted by Crippen LogP contribution is -2.54. The molecule has 7 nitrogen and oxygen atoms in total. The van der Waals surface area contributed by atoms with Crippen molar-refractivity contribution in [3.05, 3.63) is 47.7 Å². The predicted octanol–water partition coefficient (Wildman–Crippen LogP) is 2.43. The SMILES string of the molecule is Cc1ccc(OC2(C(=O)O)CCN(C(=O)c3ccoc3)CC2)c(C)n1. The van der Waals surface area contributed by atoms with E-state index in [9.17, 15) is 14.7 Å². The molecule has 1 N–H and O–H groups in total. The van der Waals surface area contributed by atoms with Crippen LogP contribution in [0.2, 0.25) is 0 Å². The highest BCUT2D eigenvalue weighted by Crippen LogP contribution is 2.31. The number of ether oxygens (including phenoxy) is 1. The normalized spacial score (nSPS) is 16.5. The summed E-state index contributed by atoms with van der Waals surface area (Å²) in [5, 5.41) is 9.74. The largest absolute Gasteiger partial charge is 0.478 e. The Morgan fingerprint density at radius 2 is 1.96 bits per heavy atom. The van der Waals surface area contributed by atoms with Crippen molar-refractivity contribution in [1.82, 2.24) is 9.88 Å². The molecule has 1 fully saturated rings. The topological polar surface area (TPSA) is 92.9 Å². The molecule has 7 heteroatoms. The molecule has 1 aliphatic rings. The number of piperidine rings is 1. The molecule has 2 aromatic rings. The Kier molecular flexibility index (Phi) is 4.48. The Balaban J connectivity index is 1.75. The standard InChI is InChI=1S/C18H20N2O5/c1-12-3-4-15(13(2)19-12)25-18(17(22)23)6-8-20(9-7-18)16(21)14-5-10-24-11-14/h3-5,10-11H,6-9H2,1-2H3,(H,22,23). The molecule has 0 spiro atoms. The maximum Gasteiger partial charge on any atom is 0.348 e. The Hall–Kier alpha value is -2.83. The maximum absolute atomic E-state index is 12.4. The van der Waals surface area contributed by atoms with Gasteiger partial charge in [-0.3, -0.25) is 9.78 Å². The van der Waals surface area contributed by atoms with Gasteiger partial charge in [0, 0.05) is 31.6 Å². The number of carboxylic acids is 1. The molecule has 3 heterocycles. The summed E-state index contributed by atoms with van der Waals surface area (Å²) in [6, 6.07) is 5.13. The van der Waals surface area contributed by atoms with Gasteiger partial charge in [-0.2, -0.15) is 0 Å². The molecule has 0 bridgehead atoms. The Labute approximate surface area is 145 Å². The average Bonchev–Trinajstić information content (AvgIpc) is 3.12. The Morgan fingerprint density at radius 3 is 2.52 bits per heavy atom. The number of hydrogen-bond donors (Lipinski definition) is 1. The second-order valence-electron chi connectivity index (χ2n) is 6.24. The van der Waals surface area contributed by atoms with Crippen LogP contribution >= 0.6 is 0 Å². The van der Waals surface area contributed by atoms with E-state index in [2.05, 4.69) is 4.98 Å².